The molecule has 0 atom stereocenters. The van der Waals surface area contributed by atoms with Crippen molar-refractivity contribution in [1.29, 1.82) is 5.26 Å². The maximum absolute atomic E-state index is 9.99. The molecule has 0 amide bonds. The van der Waals surface area contributed by atoms with E-state index in [1.165, 1.54) is 0 Å². The van der Waals surface area contributed by atoms with Gasteiger partial charge in [-0.1, -0.05) is 60.7 Å². The fourth-order valence-corrected chi connectivity index (χ4v) is 4.28. The van der Waals surface area contributed by atoms with Crippen LogP contribution >= 0.6 is 22.6 Å². The number of rotatable bonds is 6. The van der Waals surface area contributed by atoms with Crippen LogP contribution in [0.5, 0.6) is 11.5 Å². The third kappa shape index (κ3) is 4.25. The normalized spacial score (nSPS) is 10.8. The van der Waals surface area contributed by atoms with Crippen molar-refractivity contribution in [2.24, 2.45) is 4.99 Å². The Hall–Kier alpha value is -3.57. The molecule has 1 heterocycles. The maximum Gasteiger partial charge on any atom is 0.238 e. The van der Waals surface area contributed by atoms with Crippen LogP contribution in [0.1, 0.15) is 11.1 Å². The summed E-state index contributed by atoms with van der Waals surface area (Å²) in [4.78, 5) is 4.54. The van der Waals surface area contributed by atoms with Gasteiger partial charge < -0.3 is 13.9 Å². The first-order valence-corrected chi connectivity index (χ1v) is 10.9. The van der Waals surface area contributed by atoms with Gasteiger partial charge in [0, 0.05) is 17.3 Å². The van der Waals surface area contributed by atoms with Crippen LogP contribution in [-0.4, -0.2) is 20.4 Å². The van der Waals surface area contributed by atoms with Crippen molar-refractivity contribution in [3.05, 3.63) is 87.5 Å². The second kappa shape index (κ2) is 9.71. The molecule has 0 aliphatic heterocycles. The van der Waals surface area contributed by atoms with Crippen LogP contribution in [0.4, 0.5) is 5.88 Å². The summed E-state index contributed by atoms with van der Waals surface area (Å²) >= 11 is 2.19. The highest BCUT2D eigenvalue weighted by Gasteiger charge is 2.22. The van der Waals surface area contributed by atoms with Gasteiger partial charge in [0.15, 0.2) is 11.5 Å². The predicted octanol–water partition coefficient (Wildman–Crippen LogP) is 6.86. The highest BCUT2D eigenvalue weighted by molar-refractivity contribution is 14.1. The summed E-state index contributed by atoms with van der Waals surface area (Å²) in [6.07, 6.45) is 1.66. The summed E-state index contributed by atoms with van der Waals surface area (Å²) in [6.45, 7) is 0. The van der Waals surface area contributed by atoms with E-state index in [0.717, 1.165) is 25.8 Å². The standard InChI is InChI=1S/C26H19IN2O3/c1-30-22-14-17(13-21(27)25(22)31-2)16-29-26-20(15-28)23(18-9-5-3-6-10-18)24(32-26)19-11-7-4-8-12-19/h3-14,16H,1-2H3. The van der Waals surface area contributed by atoms with Crippen molar-refractivity contribution in [2.45, 2.75) is 0 Å². The zero-order valence-electron chi connectivity index (χ0n) is 17.5. The molecule has 5 nitrogen and oxygen atoms in total. The zero-order valence-corrected chi connectivity index (χ0v) is 19.7. The minimum atomic E-state index is 0.259. The molecule has 0 unspecified atom stereocenters. The molecule has 0 aliphatic carbocycles. The first-order chi connectivity index (χ1) is 15.7. The molecule has 0 spiro atoms. The van der Waals surface area contributed by atoms with Crippen LogP contribution in [0.25, 0.3) is 22.5 Å². The first kappa shape index (κ1) is 21.7. The number of benzene rings is 3. The fourth-order valence-electron chi connectivity index (χ4n) is 3.43. The van der Waals surface area contributed by atoms with E-state index < -0.39 is 0 Å². The molecule has 0 bridgehead atoms. The van der Waals surface area contributed by atoms with Crippen molar-refractivity contribution < 1.29 is 13.9 Å². The SMILES string of the molecule is COc1cc(C=Nc2oc(-c3ccccc3)c(-c3ccccc3)c2C#N)cc(I)c1OC. The number of nitriles is 1. The smallest absolute Gasteiger partial charge is 0.238 e. The molecule has 4 rings (SSSR count). The number of hydrogen-bond donors (Lipinski definition) is 0. The molecule has 0 saturated heterocycles. The van der Waals surface area contributed by atoms with Crippen molar-refractivity contribution >= 4 is 34.7 Å². The zero-order chi connectivity index (χ0) is 22.5. The van der Waals surface area contributed by atoms with E-state index in [4.69, 9.17) is 13.9 Å². The van der Waals surface area contributed by atoms with E-state index >= 15 is 0 Å². The topological polar surface area (TPSA) is 67.8 Å². The van der Waals surface area contributed by atoms with Gasteiger partial charge >= 0.3 is 0 Å². The van der Waals surface area contributed by atoms with E-state index in [9.17, 15) is 5.26 Å². The Kier molecular flexibility index (Phi) is 6.57. The number of aliphatic imine (C=N–C) groups is 1. The molecule has 0 fully saturated rings. The fraction of sp³-hybridized carbons (Fsp3) is 0.0769. The Labute approximate surface area is 200 Å². The van der Waals surface area contributed by atoms with E-state index in [1.807, 2.05) is 72.8 Å². The van der Waals surface area contributed by atoms with Crippen LogP contribution in [0.2, 0.25) is 0 Å². The molecule has 32 heavy (non-hydrogen) atoms. The highest BCUT2D eigenvalue weighted by Crippen LogP contribution is 2.42. The van der Waals surface area contributed by atoms with Crippen LogP contribution in [0, 0.1) is 14.9 Å². The molecule has 0 saturated carbocycles. The average Bonchev–Trinajstić information content (AvgIpc) is 3.22. The van der Waals surface area contributed by atoms with Gasteiger partial charge in [-0.25, -0.2) is 4.99 Å². The Morgan fingerprint density at radius 3 is 2.19 bits per heavy atom. The molecular formula is C26H19IN2O3. The monoisotopic (exact) mass is 534 g/mol. The summed E-state index contributed by atoms with van der Waals surface area (Å²) < 4.78 is 17.9. The van der Waals surface area contributed by atoms with Crippen LogP contribution in [0.15, 0.2) is 82.2 Å². The van der Waals surface area contributed by atoms with Crippen LogP contribution < -0.4 is 9.47 Å². The molecule has 3 aromatic carbocycles. The Morgan fingerprint density at radius 1 is 0.938 bits per heavy atom. The summed E-state index contributed by atoms with van der Waals surface area (Å²) in [6, 6.07) is 25.5. The first-order valence-electron chi connectivity index (χ1n) is 9.79. The molecule has 158 valence electrons. The van der Waals surface area contributed by atoms with Gasteiger partial charge in [-0.15, -0.1) is 0 Å². The average molecular weight is 534 g/mol. The van der Waals surface area contributed by atoms with Crippen molar-refractivity contribution in [1.82, 2.24) is 0 Å². The van der Waals surface area contributed by atoms with Crippen LogP contribution in [0.3, 0.4) is 0 Å². The number of furan rings is 1. The largest absolute Gasteiger partial charge is 0.493 e. The van der Waals surface area contributed by atoms with Crippen LogP contribution in [-0.2, 0) is 0 Å². The second-order valence-corrected chi connectivity index (χ2v) is 7.99. The van der Waals surface area contributed by atoms with E-state index in [-0.39, 0.29) is 5.88 Å². The molecule has 0 N–H and O–H groups in total. The molecule has 0 radical (unpaired) electrons. The van der Waals surface area contributed by atoms with Gasteiger partial charge in [-0.05, 0) is 45.9 Å². The lowest BCUT2D eigenvalue weighted by Gasteiger charge is -2.10. The summed E-state index contributed by atoms with van der Waals surface area (Å²) in [7, 11) is 3.19. The van der Waals surface area contributed by atoms with Gasteiger partial charge in [0.25, 0.3) is 0 Å². The molecule has 0 aliphatic rings. The van der Waals surface area contributed by atoms with Gasteiger partial charge in [0.1, 0.15) is 17.4 Å². The second-order valence-electron chi connectivity index (χ2n) is 6.83. The Balaban J connectivity index is 1.85. The van der Waals surface area contributed by atoms with Gasteiger partial charge in [0.05, 0.1) is 17.8 Å². The summed E-state index contributed by atoms with van der Waals surface area (Å²) in [5.41, 5.74) is 3.70. The third-order valence-corrected chi connectivity index (χ3v) is 5.69. The number of methoxy groups -OCH3 is 2. The number of ether oxygens (including phenoxy) is 2. The molecular weight excluding hydrogens is 515 g/mol. The van der Waals surface area contributed by atoms with Gasteiger partial charge in [-0.3, -0.25) is 0 Å². The molecule has 4 aromatic rings. The number of halogens is 1. The van der Waals surface area contributed by atoms with Gasteiger partial charge in [-0.2, -0.15) is 5.26 Å². The molecule has 6 heteroatoms. The maximum atomic E-state index is 9.99. The Bertz CT molecular complexity index is 1310. The minimum Gasteiger partial charge on any atom is -0.493 e. The third-order valence-electron chi connectivity index (χ3n) is 4.89. The highest BCUT2D eigenvalue weighted by atomic mass is 127. The summed E-state index contributed by atoms with van der Waals surface area (Å²) in [5.74, 6) is 2.15. The lowest BCUT2D eigenvalue weighted by atomic mass is 9.98. The minimum absolute atomic E-state index is 0.259. The quantitative estimate of drug-likeness (QED) is 0.200. The van der Waals surface area contributed by atoms with Crippen molar-refractivity contribution in [2.75, 3.05) is 14.2 Å². The van der Waals surface area contributed by atoms with Crippen molar-refractivity contribution in [3.8, 4) is 40.0 Å². The van der Waals surface area contributed by atoms with E-state index in [1.54, 1.807) is 20.4 Å². The number of hydrogen-bond acceptors (Lipinski definition) is 5. The predicted molar refractivity (Wildman–Crippen MR) is 134 cm³/mol. The van der Waals surface area contributed by atoms with E-state index in [2.05, 4.69) is 33.7 Å². The van der Waals surface area contributed by atoms with Gasteiger partial charge in [0.2, 0.25) is 5.88 Å². The molecule has 1 aromatic heterocycles. The Morgan fingerprint density at radius 2 is 1.59 bits per heavy atom. The summed E-state index contributed by atoms with van der Waals surface area (Å²) in [5, 5.41) is 9.99. The van der Waals surface area contributed by atoms with Crippen molar-refractivity contribution in [3.63, 3.8) is 0 Å². The lowest BCUT2D eigenvalue weighted by Crippen LogP contribution is -1.95. The van der Waals surface area contributed by atoms with E-state index in [0.29, 0.717) is 22.8 Å². The lowest BCUT2D eigenvalue weighted by molar-refractivity contribution is 0.353. The number of nitrogens with zero attached hydrogens (tertiary/aromatic N) is 2.